The van der Waals surface area contributed by atoms with Gasteiger partial charge < -0.3 is 14.0 Å². The highest BCUT2D eigenvalue weighted by Crippen LogP contribution is 2.29. The number of hydrogen-bond donors (Lipinski definition) is 0. The minimum absolute atomic E-state index is 0.0414. The number of amides is 1. The summed E-state index contributed by atoms with van der Waals surface area (Å²) in [5.41, 5.74) is 7.40. The predicted octanol–water partition coefficient (Wildman–Crippen LogP) is 6.18. The topological polar surface area (TPSA) is 50.1 Å². The largest absolute Gasteiger partial charge is 0.367 e. The summed E-state index contributed by atoms with van der Waals surface area (Å²) in [5.74, 6) is 0.0414. The first kappa shape index (κ1) is 26.3. The molecule has 7 heteroatoms. The number of carbonyl (C=O) groups is 1. The molecule has 0 spiro atoms. The van der Waals surface area contributed by atoms with E-state index in [1.54, 1.807) is 0 Å². The number of nitrogens with zero attached hydrogens (tertiary/aromatic N) is 4. The SMILES string of the molecule is O=C(COCc1ccccc1)N1CCN(Cc2c(-c3ccc(Cl)cc3)nc3ccc(-c4ccccc4)cn23)CC1. The summed E-state index contributed by atoms with van der Waals surface area (Å²) in [4.78, 5) is 22.1. The Hall–Kier alpha value is -3.97. The normalized spacial score (nSPS) is 14.1. The Labute approximate surface area is 239 Å². The maximum atomic E-state index is 12.8. The van der Waals surface area contributed by atoms with Crippen molar-refractivity contribution in [2.24, 2.45) is 0 Å². The Morgan fingerprint density at radius 2 is 1.45 bits per heavy atom. The van der Waals surface area contributed by atoms with E-state index in [1.807, 2.05) is 65.6 Å². The van der Waals surface area contributed by atoms with Gasteiger partial charge in [-0.1, -0.05) is 84.4 Å². The van der Waals surface area contributed by atoms with Gasteiger partial charge in [-0.3, -0.25) is 9.69 Å². The van der Waals surface area contributed by atoms with Crippen LogP contribution in [0.2, 0.25) is 5.02 Å². The summed E-state index contributed by atoms with van der Waals surface area (Å²) in [6.07, 6.45) is 2.18. The van der Waals surface area contributed by atoms with Gasteiger partial charge in [0.15, 0.2) is 0 Å². The van der Waals surface area contributed by atoms with Crippen LogP contribution in [0.15, 0.2) is 103 Å². The van der Waals surface area contributed by atoms with Crippen molar-refractivity contribution in [1.82, 2.24) is 19.2 Å². The van der Waals surface area contributed by atoms with Gasteiger partial charge in [0.1, 0.15) is 12.3 Å². The molecule has 0 bridgehead atoms. The molecule has 5 aromatic rings. The number of fused-ring (bicyclic) bond motifs is 1. The lowest BCUT2D eigenvalue weighted by molar-refractivity contribution is -0.138. The lowest BCUT2D eigenvalue weighted by atomic mass is 10.1. The zero-order valence-corrected chi connectivity index (χ0v) is 23.0. The van der Waals surface area contributed by atoms with Crippen LogP contribution in [0.25, 0.3) is 28.0 Å². The summed E-state index contributed by atoms with van der Waals surface area (Å²) >= 11 is 6.19. The molecule has 0 aliphatic carbocycles. The molecule has 0 radical (unpaired) electrons. The summed E-state index contributed by atoms with van der Waals surface area (Å²) in [6.45, 7) is 4.20. The van der Waals surface area contributed by atoms with E-state index in [0.29, 0.717) is 24.7 Å². The van der Waals surface area contributed by atoms with Gasteiger partial charge in [0.25, 0.3) is 0 Å². The number of aromatic nitrogens is 2. The second kappa shape index (κ2) is 12.0. The van der Waals surface area contributed by atoms with Crippen LogP contribution in [0.3, 0.4) is 0 Å². The monoisotopic (exact) mass is 550 g/mol. The molecule has 3 heterocycles. The van der Waals surface area contributed by atoms with E-state index >= 15 is 0 Å². The van der Waals surface area contributed by atoms with Gasteiger partial charge in [0, 0.05) is 49.5 Å². The van der Waals surface area contributed by atoms with Crippen molar-refractivity contribution in [1.29, 1.82) is 0 Å². The number of imidazole rings is 1. The number of pyridine rings is 1. The highest BCUT2D eigenvalue weighted by molar-refractivity contribution is 6.30. The maximum Gasteiger partial charge on any atom is 0.248 e. The van der Waals surface area contributed by atoms with Gasteiger partial charge in [-0.05, 0) is 41.0 Å². The van der Waals surface area contributed by atoms with Gasteiger partial charge in [0.05, 0.1) is 18.0 Å². The summed E-state index contributed by atoms with van der Waals surface area (Å²) in [6, 6.07) is 32.4. The number of rotatable bonds is 8. The quantitative estimate of drug-likeness (QED) is 0.231. The van der Waals surface area contributed by atoms with Gasteiger partial charge in [-0.25, -0.2) is 4.98 Å². The van der Waals surface area contributed by atoms with E-state index in [4.69, 9.17) is 21.3 Å². The molecule has 1 aliphatic rings. The molecule has 0 saturated carbocycles. The molecule has 6 rings (SSSR count). The van der Waals surface area contributed by atoms with Crippen LogP contribution in [-0.2, 0) is 22.7 Å². The van der Waals surface area contributed by atoms with E-state index in [-0.39, 0.29) is 12.5 Å². The minimum Gasteiger partial charge on any atom is -0.367 e. The molecule has 202 valence electrons. The third-order valence-corrected chi connectivity index (χ3v) is 7.63. The summed E-state index contributed by atoms with van der Waals surface area (Å²) < 4.78 is 7.90. The molecule has 3 aromatic carbocycles. The van der Waals surface area contributed by atoms with E-state index < -0.39 is 0 Å². The molecule has 40 heavy (non-hydrogen) atoms. The van der Waals surface area contributed by atoms with E-state index in [1.165, 1.54) is 5.56 Å². The lowest BCUT2D eigenvalue weighted by Gasteiger charge is -2.34. The van der Waals surface area contributed by atoms with Gasteiger partial charge in [0.2, 0.25) is 5.91 Å². The van der Waals surface area contributed by atoms with E-state index in [9.17, 15) is 4.79 Å². The minimum atomic E-state index is 0.0414. The number of ether oxygens (including phenoxy) is 1. The molecule has 1 amide bonds. The average Bonchev–Trinajstić information content (AvgIpc) is 3.36. The zero-order chi connectivity index (χ0) is 27.3. The molecule has 6 nitrogen and oxygen atoms in total. The molecular weight excluding hydrogens is 520 g/mol. The standard InChI is InChI=1S/C33H31ClN4O2/c34-29-14-11-27(12-15-29)33-30(38-21-28(13-16-31(38)35-33)26-9-5-2-6-10-26)22-36-17-19-37(20-18-36)32(39)24-40-23-25-7-3-1-4-8-25/h1-16,21H,17-20,22-24H2. The second-order valence-corrected chi connectivity index (χ2v) is 10.5. The molecular formula is C33H31ClN4O2. The first-order valence-electron chi connectivity index (χ1n) is 13.6. The lowest BCUT2D eigenvalue weighted by Crippen LogP contribution is -2.49. The van der Waals surface area contributed by atoms with Crippen LogP contribution in [0, 0.1) is 0 Å². The number of piperazine rings is 1. The molecule has 1 fully saturated rings. The van der Waals surface area contributed by atoms with Crippen molar-refractivity contribution in [2.45, 2.75) is 13.2 Å². The van der Waals surface area contributed by atoms with E-state index in [2.05, 4.69) is 51.9 Å². The number of hydrogen-bond acceptors (Lipinski definition) is 4. The number of carbonyl (C=O) groups excluding carboxylic acids is 1. The fourth-order valence-electron chi connectivity index (χ4n) is 5.17. The fourth-order valence-corrected chi connectivity index (χ4v) is 5.30. The molecule has 0 N–H and O–H groups in total. The molecule has 0 unspecified atom stereocenters. The summed E-state index contributed by atoms with van der Waals surface area (Å²) in [5, 5.41) is 0.703. The summed E-state index contributed by atoms with van der Waals surface area (Å²) in [7, 11) is 0. The van der Waals surface area contributed by atoms with Crippen molar-refractivity contribution >= 4 is 23.2 Å². The smallest absolute Gasteiger partial charge is 0.248 e. The third kappa shape index (κ3) is 5.94. The molecule has 1 saturated heterocycles. The van der Waals surface area contributed by atoms with Crippen molar-refractivity contribution in [3.63, 3.8) is 0 Å². The second-order valence-electron chi connectivity index (χ2n) is 10.1. The molecule has 1 aliphatic heterocycles. The molecule has 0 atom stereocenters. The molecule has 2 aromatic heterocycles. The van der Waals surface area contributed by atoms with Crippen molar-refractivity contribution in [3.05, 3.63) is 120 Å². The third-order valence-electron chi connectivity index (χ3n) is 7.38. The Morgan fingerprint density at radius 3 is 2.17 bits per heavy atom. The Kier molecular flexibility index (Phi) is 7.91. The van der Waals surface area contributed by atoms with Crippen LogP contribution in [0.4, 0.5) is 0 Å². The van der Waals surface area contributed by atoms with Crippen molar-refractivity contribution < 1.29 is 9.53 Å². The highest BCUT2D eigenvalue weighted by Gasteiger charge is 2.24. The van der Waals surface area contributed by atoms with Crippen LogP contribution < -0.4 is 0 Å². The maximum absolute atomic E-state index is 12.8. The zero-order valence-electron chi connectivity index (χ0n) is 22.2. The number of halogens is 1. The van der Waals surface area contributed by atoms with Gasteiger partial charge >= 0.3 is 0 Å². The van der Waals surface area contributed by atoms with Crippen LogP contribution in [0.5, 0.6) is 0 Å². The fraction of sp³-hybridized carbons (Fsp3) is 0.212. The van der Waals surface area contributed by atoms with E-state index in [0.717, 1.165) is 53.4 Å². The van der Waals surface area contributed by atoms with Crippen molar-refractivity contribution in [2.75, 3.05) is 32.8 Å². The number of benzene rings is 3. The van der Waals surface area contributed by atoms with Crippen LogP contribution in [-0.4, -0.2) is 57.9 Å². The first-order valence-corrected chi connectivity index (χ1v) is 14.0. The average molecular weight is 551 g/mol. The Balaban J connectivity index is 1.18. The van der Waals surface area contributed by atoms with Crippen molar-refractivity contribution in [3.8, 4) is 22.4 Å². The Bertz CT molecular complexity index is 1580. The van der Waals surface area contributed by atoms with Crippen LogP contribution >= 0.6 is 11.6 Å². The highest BCUT2D eigenvalue weighted by atomic mass is 35.5. The predicted molar refractivity (Wildman–Crippen MR) is 159 cm³/mol. The van der Waals surface area contributed by atoms with Gasteiger partial charge in [-0.15, -0.1) is 0 Å². The Morgan fingerprint density at radius 1 is 0.775 bits per heavy atom. The first-order chi connectivity index (χ1) is 19.6. The van der Waals surface area contributed by atoms with Gasteiger partial charge in [-0.2, -0.15) is 0 Å². The van der Waals surface area contributed by atoms with Crippen LogP contribution in [0.1, 0.15) is 11.3 Å².